The molecule has 0 amide bonds. The lowest BCUT2D eigenvalue weighted by molar-refractivity contribution is 0.513. The third-order valence-corrected chi connectivity index (χ3v) is 2.26. The molecule has 1 aromatic heterocycles. The molecular weight excluding hydrogens is 258 g/mol. The Morgan fingerprint density at radius 2 is 1.93 bits per heavy atom. The predicted molar refractivity (Wildman–Crippen MR) is 50.1 cm³/mol. The highest BCUT2D eigenvalue weighted by molar-refractivity contribution is 9.10. The topological polar surface area (TPSA) is 30.2 Å². The molecule has 5 heteroatoms. The van der Waals surface area contributed by atoms with Crippen molar-refractivity contribution < 1.29 is 13.2 Å². The normalized spacial score (nSPS) is 10.8. The fraction of sp³-hybridized carbons (Fsp3) is 0. The first-order chi connectivity index (χ1) is 6.58. The second-order valence-corrected chi connectivity index (χ2v) is 3.54. The summed E-state index contributed by atoms with van der Waals surface area (Å²) in [4.78, 5) is 11.0. The summed E-state index contributed by atoms with van der Waals surface area (Å²) >= 11 is 2.91. The SMILES string of the molecule is O=c1oc2c(F)cc(F)cc2cc1Br. The Morgan fingerprint density at radius 1 is 1.21 bits per heavy atom. The quantitative estimate of drug-likeness (QED) is 0.682. The molecule has 2 aromatic rings. The number of fused-ring (bicyclic) bond motifs is 1. The van der Waals surface area contributed by atoms with Crippen LogP contribution in [0.15, 0.2) is 31.9 Å². The first-order valence-corrected chi connectivity index (χ1v) is 4.45. The summed E-state index contributed by atoms with van der Waals surface area (Å²) in [5, 5.41) is 0.203. The second-order valence-electron chi connectivity index (χ2n) is 2.69. The smallest absolute Gasteiger partial charge is 0.350 e. The van der Waals surface area contributed by atoms with Gasteiger partial charge in [-0.15, -0.1) is 0 Å². The third-order valence-electron chi connectivity index (χ3n) is 1.71. The van der Waals surface area contributed by atoms with Crippen molar-refractivity contribution in [3.05, 3.63) is 44.7 Å². The van der Waals surface area contributed by atoms with Crippen LogP contribution in [0.1, 0.15) is 0 Å². The first-order valence-electron chi connectivity index (χ1n) is 3.66. The van der Waals surface area contributed by atoms with Crippen LogP contribution >= 0.6 is 15.9 Å². The first kappa shape index (κ1) is 9.33. The van der Waals surface area contributed by atoms with Gasteiger partial charge in [0.15, 0.2) is 11.4 Å². The molecule has 14 heavy (non-hydrogen) atoms. The van der Waals surface area contributed by atoms with Crippen molar-refractivity contribution in [1.82, 2.24) is 0 Å². The van der Waals surface area contributed by atoms with E-state index in [0.717, 1.165) is 6.07 Å². The van der Waals surface area contributed by atoms with Gasteiger partial charge in [0.2, 0.25) is 0 Å². The van der Waals surface area contributed by atoms with Gasteiger partial charge in [-0.05, 0) is 28.1 Å². The average molecular weight is 261 g/mol. The Kier molecular flexibility index (Phi) is 2.11. The molecule has 0 fully saturated rings. The van der Waals surface area contributed by atoms with Crippen LogP contribution in [0.2, 0.25) is 0 Å². The number of halogens is 3. The number of benzene rings is 1. The molecule has 0 radical (unpaired) electrons. The van der Waals surface area contributed by atoms with Crippen molar-refractivity contribution in [1.29, 1.82) is 0 Å². The Morgan fingerprint density at radius 3 is 2.64 bits per heavy atom. The summed E-state index contributed by atoms with van der Waals surface area (Å²) in [5.74, 6) is -1.60. The summed E-state index contributed by atoms with van der Waals surface area (Å²) in [6.45, 7) is 0. The highest BCUT2D eigenvalue weighted by Crippen LogP contribution is 2.20. The molecule has 0 unspecified atom stereocenters. The molecule has 0 saturated carbocycles. The molecule has 2 rings (SSSR count). The van der Waals surface area contributed by atoms with Gasteiger partial charge in [0.25, 0.3) is 0 Å². The minimum absolute atomic E-state index is 0.134. The van der Waals surface area contributed by atoms with Crippen LogP contribution in [-0.2, 0) is 0 Å². The zero-order valence-corrected chi connectivity index (χ0v) is 8.27. The van der Waals surface area contributed by atoms with Gasteiger partial charge in [0.05, 0.1) is 0 Å². The lowest BCUT2D eigenvalue weighted by Gasteiger charge is -1.98. The Balaban J connectivity index is 2.96. The van der Waals surface area contributed by atoms with E-state index >= 15 is 0 Å². The molecule has 0 aliphatic heterocycles. The maximum absolute atomic E-state index is 13.1. The third kappa shape index (κ3) is 1.43. The van der Waals surface area contributed by atoms with E-state index in [1.54, 1.807) is 0 Å². The lowest BCUT2D eigenvalue weighted by atomic mass is 10.2. The Labute approximate surface area is 85.3 Å². The zero-order valence-electron chi connectivity index (χ0n) is 6.68. The summed E-state index contributed by atoms with van der Waals surface area (Å²) < 4.78 is 30.6. The summed E-state index contributed by atoms with van der Waals surface area (Å²) in [6, 6.07) is 3.07. The summed E-state index contributed by atoms with van der Waals surface area (Å²) in [5.41, 5.74) is -0.928. The summed E-state index contributed by atoms with van der Waals surface area (Å²) in [6.07, 6.45) is 0. The maximum atomic E-state index is 13.1. The van der Waals surface area contributed by atoms with Gasteiger partial charge in [-0.3, -0.25) is 0 Å². The van der Waals surface area contributed by atoms with Crippen LogP contribution in [-0.4, -0.2) is 0 Å². The van der Waals surface area contributed by atoms with E-state index in [4.69, 9.17) is 0 Å². The van der Waals surface area contributed by atoms with E-state index < -0.39 is 17.3 Å². The van der Waals surface area contributed by atoms with E-state index in [1.807, 2.05) is 0 Å². The standard InChI is InChI=1S/C9H3BrF2O2/c10-6-2-4-1-5(11)3-7(12)8(4)14-9(6)13/h1-3H. The number of hydrogen-bond donors (Lipinski definition) is 0. The Hall–Kier alpha value is -1.23. The Bertz CT molecular complexity index is 562. The van der Waals surface area contributed by atoms with Crippen LogP contribution < -0.4 is 5.63 Å². The molecule has 0 spiro atoms. The number of hydrogen-bond acceptors (Lipinski definition) is 2. The van der Waals surface area contributed by atoms with Gasteiger partial charge >= 0.3 is 5.63 Å². The molecule has 0 N–H and O–H groups in total. The van der Waals surface area contributed by atoms with Gasteiger partial charge in [-0.1, -0.05) is 0 Å². The van der Waals surface area contributed by atoms with Crippen molar-refractivity contribution in [3.63, 3.8) is 0 Å². The maximum Gasteiger partial charge on any atom is 0.350 e. The largest absolute Gasteiger partial charge is 0.419 e. The van der Waals surface area contributed by atoms with Crippen LogP contribution in [0.3, 0.4) is 0 Å². The van der Waals surface area contributed by atoms with Crippen LogP contribution in [0.25, 0.3) is 11.0 Å². The fourth-order valence-electron chi connectivity index (χ4n) is 1.13. The van der Waals surface area contributed by atoms with Gasteiger partial charge in [-0.2, -0.15) is 0 Å². The van der Waals surface area contributed by atoms with Gasteiger partial charge < -0.3 is 4.42 Å². The van der Waals surface area contributed by atoms with Crippen molar-refractivity contribution in [2.24, 2.45) is 0 Å². The van der Waals surface area contributed by atoms with E-state index in [2.05, 4.69) is 20.3 Å². The second kappa shape index (κ2) is 3.16. The zero-order chi connectivity index (χ0) is 10.3. The monoisotopic (exact) mass is 260 g/mol. The molecule has 0 aliphatic rings. The van der Waals surface area contributed by atoms with Crippen molar-refractivity contribution in [2.45, 2.75) is 0 Å². The molecule has 1 aromatic carbocycles. The average Bonchev–Trinajstić information content (AvgIpc) is 2.08. The van der Waals surface area contributed by atoms with Crippen molar-refractivity contribution in [3.8, 4) is 0 Å². The van der Waals surface area contributed by atoms with Crippen LogP contribution in [0, 0.1) is 11.6 Å². The van der Waals surface area contributed by atoms with E-state index in [0.29, 0.717) is 6.07 Å². The summed E-state index contributed by atoms with van der Waals surface area (Å²) in [7, 11) is 0. The fourth-order valence-corrected chi connectivity index (χ4v) is 1.46. The van der Waals surface area contributed by atoms with Crippen molar-refractivity contribution >= 4 is 26.9 Å². The van der Waals surface area contributed by atoms with E-state index in [1.165, 1.54) is 6.07 Å². The van der Waals surface area contributed by atoms with Crippen LogP contribution in [0.4, 0.5) is 8.78 Å². The van der Waals surface area contributed by atoms with Gasteiger partial charge in [-0.25, -0.2) is 13.6 Å². The molecule has 0 saturated heterocycles. The minimum Gasteiger partial charge on any atom is -0.419 e. The number of rotatable bonds is 0. The highest BCUT2D eigenvalue weighted by Gasteiger charge is 2.08. The van der Waals surface area contributed by atoms with E-state index in [-0.39, 0.29) is 15.4 Å². The van der Waals surface area contributed by atoms with Crippen molar-refractivity contribution in [2.75, 3.05) is 0 Å². The molecule has 2 nitrogen and oxygen atoms in total. The molecule has 72 valence electrons. The van der Waals surface area contributed by atoms with Gasteiger partial charge in [0, 0.05) is 11.5 Å². The van der Waals surface area contributed by atoms with E-state index in [9.17, 15) is 13.6 Å². The highest BCUT2D eigenvalue weighted by atomic mass is 79.9. The molecular formula is C9H3BrF2O2. The molecule has 0 atom stereocenters. The predicted octanol–water partition coefficient (Wildman–Crippen LogP) is 2.83. The van der Waals surface area contributed by atoms with Gasteiger partial charge in [0.1, 0.15) is 10.3 Å². The minimum atomic E-state index is -0.885. The van der Waals surface area contributed by atoms with Crippen LogP contribution in [0.5, 0.6) is 0 Å². The molecule has 0 aliphatic carbocycles. The lowest BCUT2D eigenvalue weighted by Crippen LogP contribution is -2.00. The molecule has 1 heterocycles. The molecule has 0 bridgehead atoms.